The van der Waals surface area contributed by atoms with Crippen LogP contribution in [0.25, 0.3) is 0 Å². The van der Waals surface area contributed by atoms with Crippen LogP contribution in [-0.2, 0) is 16.0 Å². The molecule has 6 nitrogen and oxygen atoms in total. The number of carbonyl (C=O) groups is 1. The average Bonchev–Trinajstić information content (AvgIpc) is 3.25. The molecule has 0 spiro atoms. The zero-order chi connectivity index (χ0) is 23.1. The van der Waals surface area contributed by atoms with Crippen LogP contribution in [0.5, 0.6) is 5.75 Å². The van der Waals surface area contributed by atoms with E-state index < -0.39 is 6.10 Å². The number of carbonyl (C=O) groups excluding carboxylic acids is 1. The van der Waals surface area contributed by atoms with Gasteiger partial charge in [-0.15, -0.1) is 11.3 Å². The second kappa shape index (κ2) is 11.7. The van der Waals surface area contributed by atoms with Crippen molar-refractivity contribution in [3.63, 3.8) is 0 Å². The third-order valence-electron chi connectivity index (χ3n) is 5.66. The lowest BCUT2D eigenvalue weighted by Crippen LogP contribution is -2.49. The van der Waals surface area contributed by atoms with Crippen molar-refractivity contribution in [2.24, 2.45) is 0 Å². The van der Waals surface area contributed by atoms with Crippen molar-refractivity contribution < 1.29 is 23.8 Å². The first-order valence-electron chi connectivity index (χ1n) is 11.1. The van der Waals surface area contributed by atoms with E-state index in [4.69, 9.17) is 9.47 Å². The fourth-order valence-electron chi connectivity index (χ4n) is 3.88. The third-order valence-corrected chi connectivity index (χ3v) is 6.66. The molecule has 32 heavy (non-hydrogen) atoms. The number of hydrogen-bond acceptors (Lipinski definition) is 6. The van der Waals surface area contributed by atoms with Crippen LogP contribution < -0.4 is 4.74 Å². The Morgan fingerprint density at radius 3 is 2.75 bits per heavy atom. The Kier molecular flexibility index (Phi) is 9.04. The second-order valence-corrected chi connectivity index (χ2v) is 9.25. The summed E-state index contributed by atoms with van der Waals surface area (Å²) in [6, 6.07) is 7.88. The van der Waals surface area contributed by atoms with Gasteiger partial charge in [0.15, 0.2) is 0 Å². The number of aliphatic hydroxyl groups excluding tert-OH is 1. The van der Waals surface area contributed by atoms with Gasteiger partial charge in [-0.3, -0.25) is 9.69 Å². The molecule has 1 aliphatic rings. The van der Waals surface area contributed by atoms with Gasteiger partial charge in [-0.2, -0.15) is 0 Å². The molecule has 0 aliphatic carbocycles. The van der Waals surface area contributed by atoms with Crippen LogP contribution in [0.3, 0.4) is 0 Å². The van der Waals surface area contributed by atoms with Crippen LogP contribution in [0.4, 0.5) is 4.39 Å². The molecule has 1 aromatic carbocycles. The van der Waals surface area contributed by atoms with Gasteiger partial charge in [-0.1, -0.05) is 0 Å². The molecule has 8 heteroatoms. The molecule has 0 bridgehead atoms. The molecule has 0 saturated heterocycles. The number of ether oxygens (including phenoxy) is 2. The zero-order valence-corrected chi connectivity index (χ0v) is 19.8. The van der Waals surface area contributed by atoms with E-state index in [0.717, 1.165) is 12.0 Å². The maximum absolute atomic E-state index is 13.4. The number of hydrogen-bond donors (Lipinski definition) is 1. The van der Waals surface area contributed by atoms with E-state index in [1.807, 2.05) is 36.0 Å². The van der Waals surface area contributed by atoms with Crippen LogP contribution in [-0.4, -0.2) is 72.4 Å². The maximum Gasteiger partial charge on any atom is 0.237 e. The maximum atomic E-state index is 13.4. The Balaban J connectivity index is 1.70. The van der Waals surface area contributed by atoms with E-state index in [1.54, 1.807) is 23.5 Å². The highest BCUT2D eigenvalue weighted by Crippen LogP contribution is 2.34. The fourth-order valence-corrected chi connectivity index (χ4v) is 4.81. The molecule has 0 saturated carbocycles. The number of amides is 1. The number of thiophene rings is 1. The second-order valence-electron chi connectivity index (χ2n) is 8.25. The van der Waals surface area contributed by atoms with Crippen molar-refractivity contribution in [2.75, 3.05) is 39.5 Å². The number of benzene rings is 1. The summed E-state index contributed by atoms with van der Waals surface area (Å²) in [5.41, 5.74) is 1.11. The third kappa shape index (κ3) is 6.51. The van der Waals surface area contributed by atoms with Gasteiger partial charge >= 0.3 is 0 Å². The van der Waals surface area contributed by atoms with Crippen LogP contribution in [0.1, 0.15) is 37.3 Å². The van der Waals surface area contributed by atoms with Crippen LogP contribution in [0.2, 0.25) is 0 Å². The smallest absolute Gasteiger partial charge is 0.237 e. The van der Waals surface area contributed by atoms with E-state index in [1.165, 1.54) is 17.0 Å². The van der Waals surface area contributed by atoms with E-state index in [-0.39, 0.29) is 37.0 Å². The van der Waals surface area contributed by atoms with Crippen molar-refractivity contribution >= 4 is 17.2 Å². The van der Waals surface area contributed by atoms with Gasteiger partial charge in [0, 0.05) is 30.6 Å². The van der Waals surface area contributed by atoms with Crippen LogP contribution in [0, 0.1) is 5.82 Å². The first kappa shape index (κ1) is 24.6. The molecule has 176 valence electrons. The lowest BCUT2D eigenvalue weighted by atomic mass is 10.00. The van der Waals surface area contributed by atoms with Gasteiger partial charge in [0.05, 0.1) is 25.3 Å². The minimum absolute atomic E-state index is 0.00636. The van der Waals surface area contributed by atoms with Gasteiger partial charge < -0.3 is 19.5 Å². The van der Waals surface area contributed by atoms with Crippen LogP contribution in [0.15, 0.2) is 35.7 Å². The molecule has 1 amide bonds. The summed E-state index contributed by atoms with van der Waals surface area (Å²) in [7, 11) is 0. The minimum atomic E-state index is -0.646. The van der Waals surface area contributed by atoms with Gasteiger partial charge in [0.1, 0.15) is 18.2 Å². The number of aliphatic hydroxyl groups is 1. The molecule has 2 atom stereocenters. The van der Waals surface area contributed by atoms with E-state index in [9.17, 15) is 14.3 Å². The van der Waals surface area contributed by atoms with Gasteiger partial charge in [-0.05, 0) is 68.5 Å². The molecule has 1 aromatic heterocycles. The van der Waals surface area contributed by atoms with E-state index in [2.05, 4.69) is 6.07 Å². The standard InChI is InChI=1S/C24H33FN2O4S/c1-4-30-15-19(28)13-26(17(2)3)14-24(29)27-11-9-23-21(10-12-32-23)22(27)16-31-20-7-5-18(25)6-8-20/h5-8,10,12,17,19,22,28H,4,9,11,13-16H2,1-3H3/t19-,22-/m1/s1. The molecule has 1 N–H and O–H groups in total. The van der Waals surface area contributed by atoms with Gasteiger partial charge in [0.2, 0.25) is 5.91 Å². The van der Waals surface area contributed by atoms with Crippen molar-refractivity contribution in [3.8, 4) is 5.75 Å². The highest BCUT2D eigenvalue weighted by molar-refractivity contribution is 7.10. The van der Waals surface area contributed by atoms with Crippen LogP contribution >= 0.6 is 11.3 Å². The van der Waals surface area contributed by atoms with Crippen molar-refractivity contribution in [2.45, 2.75) is 45.4 Å². The molecule has 0 radical (unpaired) electrons. The summed E-state index contributed by atoms with van der Waals surface area (Å²) < 4.78 is 24.5. The highest BCUT2D eigenvalue weighted by Gasteiger charge is 2.33. The predicted octanol–water partition coefficient (Wildman–Crippen LogP) is 3.50. The normalized spacial score (nSPS) is 17.0. The molecule has 2 aromatic rings. The molecular formula is C24H33FN2O4S. The number of halogens is 1. The van der Waals surface area contributed by atoms with Crippen molar-refractivity contribution in [1.82, 2.24) is 9.80 Å². The molecule has 0 fully saturated rings. The first-order chi connectivity index (χ1) is 15.4. The van der Waals surface area contributed by atoms with Gasteiger partial charge in [-0.25, -0.2) is 4.39 Å². The molecule has 3 rings (SSSR count). The Hall–Kier alpha value is -2.00. The lowest BCUT2D eigenvalue weighted by Gasteiger charge is -2.38. The van der Waals surface area contributed by atoms with Crippen molar-refractivity contribution in [3.05, 3.63) is 52.0 Å². The quantitative estimate of drug-likeness (QED) is 0.552. The van der Waals surface area contributed by atoms with E-state index in [0.29, 0.717) is 32.1 Å². The average molecular weight is 465 g/mol. The number of rotatable bonds is 11. The summed E-state index contributed by atoms with van der Waals surface area (Å²) in [5.74, 6) is 0.267. The topological polar surface area (TPSA) is 62.2 Å². The molecular weight excluding hydrogens is 431 g/mol. The Morgan fingerprint density at radius 1 is 1.31 bits per heavy atom. The first-order valence-corrected chi connectivity index (χ1v) is 12.0. The summed E-state index contributed by atoms with van der Waals surface area (Å²) in [5, 5.41) is 12.3. The SMILES string of the molecule is CCOC[C@H](O)CN(CC(=O)N1CCc2sccc2[C@H]1COc1ccc(F)cc1)C(C)C. The fraction of sp³-hybridized carbons (Fsp3) is 0.542. The molecule has 0 unspecified atom stereocenters. The summed E-state index contributed by atoms with van der Waals surface area (Å²) >= 11 is 1.70. The summed E-state index contributed by atoms with van der Waals surface area (Å²) in [6.07, 6.45) is 0.174. The number of fused-ring (bicyclic) bond motifs is 1. The Morgan fingerprint density at radius 2 is 2.06 bits per heavy atom. The predicted molar refractivity (Wildman–Crippen MR) is 124 cm³/mol. The molecule has 1 aliphatic heterocycles. The summed E-state index contributed by atoms with van der Waals surface area (Å²) in [6.45, 7) is 8.23. The lowest BCUT2D eigenvalue weighted by molar-refractivity contribution is -0.137. The Bertz CT molecular complexity index is 858. The largest absolute Gasteiger partial charge is 0.491 e. The van der Waals surface area contributed by atoms with Gasteiger partial charge in [0.25, 0.3) is 0 Å². The summed E-state index contributed by atoms with van der Waals surface area (Å²) in [4.78, 5) is 18.5. The van der Waals surface area contributed by atoms with E-state index >= 15 is 0 Å². The van der Waals surface area contributed by atoms with Crippen molar-refractivity contribution in [1.29, 1.82) is 0 Å². The Labute approximate surface area is 193 Å². The molecule has 2 heterocycles. The zero-order valence-electron chi connectivity index (χ0n) is 19.0. The number of nitrogens with zero attached hydrogens (tertiary/aromatic N) is 2. The minimum Gasteiger partial charge on any atom is -0.491 e. The monoisotopic (exact) mass is 464 g/mol. The highest BCUT2D eigenvalue weighted by atomic mass is 32.1.